The average molecular weight is 242 g/mol. The summed E-state index contributed by atoms with van der Waals surface area (Å²) in [6.45, 7) is 1.96. The number of carbonyl (C=O) groups excluding carboxylic acids is 1. The van der Waals surface area contributed by atoms with Crippen molar-refractivity contribution < 1.29 is 9.53 Å². The number of hydrogen-bond acceptors (Lipinski definition) is 6. The van der Waals surface area contributed by atoms with Gasteiger partial charge in [0.1, 0.15) is 11.8 Å². The molecule has 0 aromatic carbocycles. The predicted molar refractivity (Wildman–Crippen MR) is 57.2 cm³/mol. The average Bonchev–Trinajstić information content (AvgIpc) is 2.61. The van der Waals surface area contributed by atoms with Crippen molar-refractivity contribution in [1.29, 1.82) is 0 Å². The highest BCUT2D eigenvalue weighted by Crippen LogP contribution is 2.20. The van der Waals surface area contributed by atoms with Crippen molar-refractivity contribution in [2.24, 2.45) is 0 Å². The number of nitrogen functional groups attached to an aromatic ring is 1. The quantitative estimate of drug-likeness (QED) is 0.750. The topological polar surface area (TPSA) is 95.9 Å². The van der Waals surface area contributed by atoms with Gasteiger partial charge < -0.3 is 10.5 Å². The molecule has 0 atom stereocenters. The molecule has 0 radical (unpaired) electrons. The van der Waals surface area contributed by atoms with Crippen LogP contribution in [0.2, 0.25) is 5.15 Å². The molecule has 0 aliphatic carbocycles. The van der Waals surface area contributed by atoms with E-state index in [1.54, 1.807) is 6.92 Å². The molecule has 2 N–H and O–H groups in total. The van der Waals surface area contributed by atoms with E-state index in [1.165, 1.54) is 6.33 Å². The third-order valence-electron chi connectivity index (χ3n) is 1.84. The second kappa shape index (κ2) is 3.93. The third kappa shape index (κ3) is 1.65. The van der Waals surface area contributed by atoms with Gasteiger partial charge in [0.25, 0.3) is 0 Å². The van der Waals surface area contributed by atoms with Gasteiger partial charge in [0.15, 0.2) is 10.8 Å². The Labute approximate surface area is 95.2 Å². The number of ether oxygens (including phenoxy) is 1. The van der Waals surface area contributed by atoms with E-state index in [4.69, 9.17) is 22.1 Å². The van der Waals surface area contributed by atoms with Crippen LogP contribution in [0.5, 0.6) is 0 Å². The van der Waals surface area contributed by atoms with Crippen molar-refractivity contribution in [2.45, 2.75) is 6.92 Å². The Bertz CT molecular complexity index is 553. The molecule has 0 unspecified atom stereocenters. The second-order valence-electron chi connectivity index (χ2n) is 2.86. The van der Waals surface area contributed by atoms with Gasteiger partial charge in [-0.3, -0.25) is 0 Å². The summed E-state index contributed by atoms with van der Waals surface area (Å²) in [4.78, 5) is 23.0. The second-order valence-corrected chi connectivity index (χ2v) is 3.22. The molecule has 0 aliphatic heterocycles. The predicted octanol–water partition coefficient (Wildman–Crippen LogP) is 1.07. The number of nitrogens with two attached hydrogens (primary N) is 1. The van der Waals surface area contributed by atoms with Crippen LogP contribution < -0.4 is 5.73 Å². The van der Waals surface area contributed by atoms with Crippen molar-refractivity contribution in [3.63, 3.8) is 0 Å². The van der Waals surface area contributed by atoms with Crippen molar-refractivity contribution >= 4 is 34.8 Å². The van der Waals surface area contributed by atoms with E-state index in [-0.39, 0.29) is 28.9 Å². The van der Waals surface area contributed by atoms with E-state index in [9.17, 15) is 4.79 Å². The van der Waals surface area contributed by atoms with Crippen LogP contribution in [0, 0.1) is 0 Å². The summed E-state index contributed by atoms with van der Waals surface area (Å²) in [5.41, 5.74) is 5.94. The molecule has 7 nitrogen and oxygen atoms in total. The number of rotatable bonds is 1. The molecule has 0 amide bonds. The van der Waals surface area contributed by atoms with Crippen LogP contribution in [0.4, 0.5) is 10.7 Å². The molecular formula is C8H8ClN5O2. The van der Waals surface area contributed by atoms with Crippen LogP contribution in [0.15, 0.2) is 6.33 Å². The van der Waals surface area contributed by atoms with Gasteiger partial charge in [-0.05, 0) is 6.92 Å². The van der Waals surface area contributed by atoms with Gasteiger partial charge in [0, 0.05) is 0 Å². The number of nitrogens with zero attached hydrogens (tertiary/aromatic N) is 4. The minimum atomic E-state index is -0.583. The lowest BCUT2D eigenvalue weighted by molar-refractivity contribution is 0.155. The fourth-order valence-electron chi connectivity index (χ4n) is 1.23. The molecule has 2 aromatic heterocycles. The minimum absolute atomic E-state index is 0.00612. The molecule has 0 aliphatic rings. The summed E-state index contributed by atoms with van der Waals surface area (Å²) in [5.74, 6) is 0.00612. The zero-order valence-corrected chi connectivity index (χ0v) is 9.10. The van der Waals surface area contributed by atoms with E-state index in [0.29, 0.717) is 0 Å². The van der Waals surface area contributed by atoms with Crippen molar-refractivity contribution in [2.75, 3.05) is 12.3 Å². The van der Waals surface area contributed by atoms with E-state index in [0.717, 1.165) is 4.57 Å². The van der Waals surface area contributed by atoms with Crippen molar-refractivity contribution in [1.82, 2.24) is 19.5 Å². The van der Waals surface area contributed by atoms with E-state index in [2.05, 4.69) is 15.0 Å². The van der Waals surface area contributed by atoms with Gasteiger partial charge in [-0.1, -0.05) is 11.6 Å². The summed E-state index contributed by atoms with van der Waals surface area (Å²) in [5, 5.41) is 0.0630. The maximum Gasteiger partial charge on any atom is 0.419 e. The number of aromatic nitrogens is 4. The van der Waals surface area contributed by atoms with Gasteiger partial charge >= 0.3 is 6.09 Å². The Hall–Kier alpha value is -1.89. The first kappa shape index (κ1) is 10.6. The lowest BCUT2D eigenvalue weighted by atomic mass is 10.5. The summed E-state index contributed by atoms with van der Waals surface area (Å²) < 4.78 is 5.96. The first-order valence-corrected chi connectivity index (χ1v) is 4.84. The zero-order valence-electron chi connectivity index (χ0n) is 8.35. The lowest BCUT2D eigenvalue weighted by Crippen LogP contribution is -2.12. The van der Waals surface area contributed by atoms with E-state index < -0.39 is 6.09 Å². The standard InChI is InChI=1S/C8H8ClN5O2/c1-2-16-8(15)14-3-11-6-4(14)5(9)12-7(10)13-6/h3H,2H2,1H3,(H2,10,12,13). The van der Waals surface area contributed by atoms with Gasteiger partial charge in [-0.2, -0.15) is 9.97 Å². The molecular weight excluding hydrogens is 234 g/mol. The zero-order chi connectivity index (χ0) is 11.7. The molecule has 0 saturated carbocycles. The number of fused-ring (bicyclic) bond motifs is 1. The molecule has 8 heteroatoms. The molecule has 0 saturated heterocycles. The molecule has 0 spiro atoms. The Morgan fingerprint density at radius 2 is 2.38 bits per heavy atom. The summed E-state index contributed by atoms with van der Waals surface area (Å²) >= 11 is 5.85. The monoisotopic (exact) mass is 241 g/mol. The number of hydrogen-bond donors (Lipinski definition) is 1. The molecule has 0 bridgehead atoms. The Balaban J connectivity index is 2.60. The largest absolute Gasteiger partial charge is 0.449 e. The summed E-state index contributed by atoms with van der Waals surface area (Å²) in [7, 11) is 0. The number of imidazole rings is 1. The maximum absolute atomic E-state index is 11.5. The van der Waals surface area contributed by atoms with Crippen molar-refractivity contribution in [3.05, 3.63) is 11.5 Å². The van der Waals surface area contributed by atoms with Gasteiger partial charge in [-0.25, -0.2) is 14.3 Å². The van der Waals surface area contributed by atoms with Gasteiger partial charge in [0.2, 0.25) is 5.95 Å². The van der Waals surface area contributed by atoms with Gasteiger partial charge in [0.05, 0.1) is 6.61 Å². The third-order valence-corrected chi connectivity index (χ3v) is 2.10. The van der Waals surface area contributed by atoms with E-state index in [1.807, 2.05) is 0 Å². The normalized spacial score (nSPS) is 10.6. The first-order chi connectivity index (χ1) is 7.63. The van der Waals surface area contributed by atoms with Crippen LogP contribution in [-0.4, -0.2) is 32.2 Å². The molecule has 2 aromatic rings. The molecule has 84 valence electrons. The van der Waals surface area contributed by atoms with Crippen LogP contribution >= 0.6 is 11.6 Å². The molecule has 2 rings (SSSR count). The smallest absolute Gasteiger partial charge is 0.419 e. The van der Waals surface area contributed by atoms with Crippen LogP contribution in [0.3, 0.4) is 0 Å². The Morgan fingerprint density at radius 3 is 3.06 bits per heavy atom. The maximum atomic E-state index is 11.5. The molecule has 0 fully saturated rings. The molecule has 2 heterocycles. The van der Waals surface area contributed by atoms with Gasteiger partial charge in [-0.15, -0.1) is 0 Å². The SMILES string of the molecule is CCOC(=O)n1cnc2nc(N)nc(Cl)c21. The van der Waals surface area contributed by atoms with E-state index >= 15 is 0 Å². The minimum Gasteiger partial charge on any atom is -0.449 e. The highest BCUT2D eigenvalue weighted by molar-refractivity contribution is 6.34. The summed E-state index contributed by atoms with van der Waals surface area (Å²) in [6, 6.07) is 0. The lowest BCUT2D eigenvalue weighted by Gasteiger charge is -2.03. The fraction of sp³-hybridized carbons (Fsp3) is 0.250. The highest BCUT2D eigenvalue weighted by atomic mass is 35.5. The fourth-order valence-corrected chi connectivity index (χ4v) is 1.49. The Morgan fingerprint density at radius 1 is 1.62 bits per heavy atom. The molecule has 16 heavy (non-hydrogen) atoms. The van der Waals surface area contributed by atoms with Crippen molar-refractivity contribution in [3.8, 4) is 0 Å². The number of anilines is 1. The van der Waals surface area contributed by atoms with Crippen LogP contribution in [0.1, 0.15) is 6.92 Å². The Kier molecular flexibility index (Phi) is 2.61. The highest BCUT2D eigenvalue weighted by Gasteiger charge is 2.16. The summed E-state index contributed by atoms with van der Waals surface area (Å²) in [6.07, 6.45) is 0.683. The van der Waals surface area contributed by atoms with Crippen LogP contribution in [-0.2, 0) is 4.74 Å². The first-order valence-electron chi connectivity index (χ1n) is 4.46. The number of carbonyl (C=O) groups is 1. The number of halogens is 1. The van der Waals surface area contributed by atoms with Crippen LogP contribution in [0.25, 0.3) is 11.2 Å².